The van der Waals surface area contributed by atoms with Crippen molar-refractivity contribution in [2.75, 3.05) is 0 Å². The summed E-state index contributed by atoms with van der Waals surface area (Å²) in [5.41, 5.74) is -1.14. The summed E-state index contributed by atoms with van der Waals surface area (Å²) in [5.74, 6) is 0. The van der Waals surface area contributed by atoms with Gasteiger partial charge in [-0.15, -0.1) is 0 Å². The van der Waals surface area contributed by atoms with E-state index in [9.17, 15) is 5.11 Å². The molecule has 0 radical (unpaired) electrons. The lowest BCUT2D eigenvalue weighted by Crippen LogP contribution is -2.24. The van der Waals surface area contributed by atoms with Gasteiger partial charge in [-0.05, 0) is 19.9 Å². The molecule has 2 unspecified atom stereocenters. The molecule has 0 aliphatic carbocycles. The maximum Gasteiger partial charge on any atom is 0.189 e. The zero-order valence-corrected chi connectivity index (χ0v) is 6.73. The minimum Gasteiger partial charge on any atom is -0.365 e. The van der Waals surface area contributed by atoms with Gasteiger partial charge in [-0.2, -0.15) is 0 Å². The first kappa shape index (κ1) is 8.14. The van der Waals surface area contributed by atoms with Gasteiger partial charge in [-0.1, -0.05) is 6.08 Å². The molecule has 0 aromatic heterocycles. The first-order valence-electron chi connectivity index (χ1n) is 3.59. The standard InChI is InChI=1S/C8H12N2O/c1-7-4-3-5-10-8(2,11)6-9-7/h3-7,11H,1-2H3/b4-3-,9-6?,10-5?. The number of rotatable bonds is 0. The molecule has 1 aliphatic rings. The second-order valence-electron chi connectivity index (χ2n) is 2.78. The fourth-order valence-corrected chi connectivity index (χ4v) is 0.746. The van der Waals surface area contributed by atoms with Crippen molar-refractivity contribution in [1.29, 1.82) is 0 Å². The lowest BCUT2D eigenvalue weighted by molar-refractivity contribution is 0.149. The fraction of sp³-hybridized carbons (Fsp3) is 0.500. The average Bonchev–Trinajstić information content (AvgIpc) is 1.92. The van der Waals surface area contributed by atoms with Crippen LogP contribution in [-0.2, 0) is 0 Å². The number of hydrogen-bond acceptors (Lipinski definition) is 3. The Balaban J connectivity index is 2.85. The van der Waals surface area contributed by atoms with E-state index in [0.29, 0.717) is 0 Å². The van der Waals surface area contributed by atoms with Gasteiger partial charge < -0.3 is 5.11 Å². The van der Waals surface area contributed by atoms with Gasteiger partial charge in [0.15, 0.2) is 5.72 Å². The Bertz CT molecular complexity index is 216. The van der Waals surface area contributed by atoms with E-state index < -0.39 is 5.72 Å². The molecule has 0 fully saturated rings. The molecule has 0 aromatic carbocycles. The van der Waals surface area contributed by atoms with Gasteiger partial charge in [0.1, 0.15) is 0 Å². The summed E-state index contributed by atoms with van der Waals surface area (Å²) >= 11 is 0. The molecule has 0 aromatic rings. The molecule has 1 heterocycles. The van der Waals surface area contributed by atoms with Crippen molar-refractivity contribution < 1.29 is 5.11 Å². The quantitative estimate of drug-likeness (QED) is 0.548. The minimum atomic E-state index is -1.14. The van der Waals surface area contributed by atoms with E-state index in [4.69, 9.17) is 0 Å². The smallest absolute Gasteiger partial charge is 0.189 e. The van der Waals surface area contributed by atoms with Gasteiger partial charge in [0.05, 0.1) is 12.3 Å². The summed E-state index contributed by atoms with van der Waals surface area (Å²) in [4.78, 5) is 7.91. The van der Waals surface area contributed by atoms with Crippen molar-refractivity contribution in [1.82, 2.24) is 0 Å². The van der Waals surface area contributed by atoms with Crippen LogP contribution in [0.1, 0.15) is 13.8 Å². The Kier molecular flexibility index (Phi) is 2.19. The molecule has 3 heteroatoms. The molecule has 0 saturated heterocycles. The van der Waals surface area contributed by atoms with Gasteiger partial charge in [0.25, 0.3) is 0 Å². The molecule has 1 N–H and O–H groups in total. The van der Waals surface area contributed by atoms with Gasteiger partial charge in [0.2, 0.25) is 0 Å². The van der Waals surface area contributed by atoms with E-state index >= 15 is 0 Å². The number of aliphatic imine (C=N–C) groups is 2. The normalized spacial score (nSPS) is 39.7. The zero-order chi connectivity index (χ0) is 8.32. The van der Waals surface area contributed by atoms with Crippen molar-refractivity contribution >= 4 is 12.4 Å². The molecule has 0 bridgehead atoms. The third-order valence-electron chi connectivity index (χ3n) is 1.37. The summed E-state index contributed by atoms with van der Waals surface area (Å²) in [6.07, 6.45) is 6.74. The Hall–Kier alpha value is -0.960. The molecule has 11 heavy (non-hydrogen) atoms. The van der Waals surface area contributed by atoms with Crippen LogP contribution in [0.15, 0.2) is 22.1 Å². The first-order chi connectivity index (χ1) is 5.10. The van der Waals surface area contributed by atoms with Gasteiger partial charge >= 0.3 is 0 Å². The SMILES string of the molecule is CC1/C=C\C=NC(C)(O)C=N1. The second kappa shape index (κ2) is 2.96. The molecular weight excluding hydrogens is 140 g/mol. The molecule has 1 rings (SSSR count). The van der Waals surface area contributed by atoms with Crippen LogP contribution in [0.25, 0.3) is 0 Å². The van der Waals surface area contributed by atoms with Gasteiger partial charge in [-0.25, -0.2) is 0 Å². The van der Waals surface area contributed by atoms with E-state index in [0.717, 1.165) is 0 Å². The third-order valence-corrected chi connectivity index (χ3v) is 1.37. The molecule has 1 aliphatic heterocycles. The van der Waals surface area contributed by atoms with E-state index in [2.05, 4.69) is 9.98 Å². The molecule has 2 atom stereocenters. The summed E-state index contributed by atoms with van der Waals surface area (Å²) in [6, 6.07) is 0.119. The Morgan fingerprint density at radius 1 is 1.55 bits per heavy atom. The highest BCUT2D eigenvalue weighted by Crippen LogP contribution is 2.04. The van der Waals surface area contributed by atoms with Crippen LogP contribution in [0.3, 0.4) is 0 Å². The van der Waals surface area contributed by atoms with Crippen LogP contribution in [0, 0.1) is 0 Å². The van der Waals surface area contributed by atoms with Crippen molar-refractivity contribution in [3.8, 4) is 0 Å². The third kappa shape index (κ3) is 2.63. The van der Waals surface area contributed by atoms with E-state index in [1.165, 1.54) is 6.21 Å². The molecule has 0 saturated carbocycles. The van der Waals surface area contributed by atoms with Crippen molar-refractivity contribution in [2.24, 2.45) is 9.98 Å². The lowest BCUT2D eigenvalue weighted by atomic mass is 10.2. The largest absolute Gasteiger partial charge is 0.365 e. The number of hydrogen-bond donors (Lipinski definition) is 1. The summed E-state index contributed by atoms with van der Waals surface area (Å²) in [5, 5.41) is 9.42. The Labute approximate surface area is 66.2 Å². The first-order valence-corrected chi connectivity index (χ1v) is 3.59. The average molecular weight is 152 g/mol. The predicted molar refractivity (Wildman–Crippen MR) is 46.2 cm³/mol. The number of nitrogens with zero attached hydrogens (tertiary/aromatic N) is 2. The van der Waals surface area contributed by atoms with Crippen molar-refractivity contribution in [3.63, 3.8) is 0 Å². The van der Waals surface area contributed by atoms with E-state index in [-0.39, 0.29) is 6.04 Å². The Morgan fingerprint density at radius 3 is 3.00 bits per heavy atom. The highest BCUT2D eigenvalue weighted by Gasteiger charge is 2.14. The van der Waals surface area contributed by atoms with Crippen molar-refractivity contribution in [2.45, 2.75) is 25.6 Å². The van der Waals surface area contributed by atoms with E-state index in [1.54, 1.807) is 19.2 Å². The van der Waals surface area contributed by atoms with Crippen LogP contribution in [0.2, 0.25) is 0 Å². The molecule has 3 nitrogen and oxygen atoms in total. The summed E-state index contributed by atoms with van der Waals surface area (Å²) < 4.78 is 0. The maximum atomic E-state index is 9.42. The summed E-state index contributed by atoms with van der Waals surface area (Å²) in [7, 11) is 0. The monoisotopic (exact) mass is 152 g/mol. The van der Waals surface area contributed by atoms with Gasteiger partial charge in [-0.3, -0.25) is 9.98 Å². The topological polar surface area (TPSA) is 45.0 Å². The highest BCUT2D eigenvalue weighted by molar-refractivity contribution is 5.77. The fourth-order valence-electron chi connectivity index (χ4n) is 0.746. The molecule has 60 valence electrons. The second-order valence-corrected chi connectivity index (χ2v) is 2.78. The zero-order valence-electron chi connectivity index (χ0n) is 6.73. The lowest BCUT2D eigenvalue weighted by Gasteiger charge is -2.13. The summed E-state index contributed by atoms with van der Waals surface area (Å²) in [6.45, 7) is 3.54. The van der Waals surface area contributed by atoms with E-state index in [1.807, 2.05) is 13.0 Å². The van der Waals surface area contributed by atoms with Crippen molar-refractivity contribution in [3.05, 3.63) is 12.2 Å². The predicted octanol–water partition coefficient (Wildman–Crippen LogP) is 0.795. The Morgan fingerprint density at radius 2 is 2.27 bits per heavy atom. The molecule has 0 amide bonds. The maximum absolute atomic E-state index is 9.42. The molecule has 0 spiro atoms. The van der Waals surface area contributed by atoms with Crippen LogP contribution in [-0.4, -0.2) is 29.3 Å². The number of allylic oxidation sites excluding steroid dienone is 1. The van der Waals surface area contributed by atoms with Crippen LogP contribution in [0.5, 0.6) is 0 Å². The van der Waals surface area contributed by atoms with Crippen LogP contribution in [0.4, 0.5) is 0 Å². The van der Waals surface area contributed by atoms with Crippen LogP contribution >= 0.6 is 0 Å². The highest BCUT2D eigenvalue weighted by atomic mass is 16.3. The number of aliphatic hydroxyl groups is 1. The molecular formula is C8H12N2O. The van der Waals surface area contributed by atoms with Gasteiger partial charge in [0, 0.05) is 6.21 Å². The minimum absolute atomic E-state index is 0.119. The van der Waals surface area contributed by atoms with Crippen LogP contribution < -0.4 is 0 Å².